The number of rotatable bonds is 6. The van der Waals surface area contributed by atoms with Crippen LogP contribution in [0.15, 0.2) is 60.9 Å². The van der Waals surface area contributed by atoms with Crippen LogP contribution < -0.4 is 9.47 Å². The number of hydrogen-bond acceptors (Lipinski definition) is 4. The van der Waals surface area contributed by atoms with Crippen molar-refractivity contribution < 1.29 is 9.47 Å². The molecule has 0 fully saturated rings. The molecule has 0 aliphatic carbocycles. The maximum Gasteiger partial charge on any atom is 0.164 e. The van der Waals surface area contributed by atoms with E-state index in [2.05, 4.69) is 10.1 Å². The lowest BCUT2D eigenvalue weighted by molar-refractivity contribution is 0.286. The Morgan fingerprint density at radius 3 is 2.09 bits per heavy atom. The molecule has 0 aliphatic rings. The van der Waals surface area contributed by atoms with Gasteiger partial charge < -0.3 is 9.47 Å². The highest BCUT2D eigenvalue weighted by Crippen LogP contribution is 2.19. The average molecular weight is 295 g/mol. The predicted octanol–water partition coefficient (Wildman–Crippen LogP) is 2.97. The quantitative estimate of drug-likeness (QED) is 0.701. The van der Waals surface area contributed by atoms with E-state index in [-0.39, 0.29) is 0 Å². The molecule has 1 aromatic heterocycles. The first-order valence-electron chi connectivity index (χ1n) is 7.04. The van der Waals surface area contributed by atoms with Gasteiger partial charge in [0.2, 0.25) is 0 Å². The van der Waals surface area contributed by atoms with Gasteiger partial charge in [0, 0.05) is 7.05 Å². The minimum Gasteiger partial charge on any atom is -0.489 e. The van der Waals surface area contributed by atoms with Crippen LogP contribution in [0.4, 0.5) is 0 Å². The molecule has 2 aromatic carbocycles. The highest BCUT2D eigenvalue weighted by molar-refractivity contribution is 5.31. The molecule has 0 unspecified atom stereocenters. The zero-order chi connectivity index (χ0) is 15.2. The maximum absolute atomic E-state index is 5.73. The molecule has 22 heavy (non-hydrogen) atoms. The highest BCUT2D eigenvalue weighted by atomic mass is 16.5. The van der Waals surface area contributed by atoms with Crippen LogP contribution >= 0.6 is 0 Å². The lowest BCUT2D eigenvalue weighted by Crippen LogP contribution is -2.04. The largest absolute Gasteiger partial charge is 0.489 e. The number of aryl methyl sites for hydroxylation is 1. The Labute approximate surface area is 129 Å². The van der Waals surface area contributed by atoms with Crippen molar-refractivity contribution in [1.29, 1.82) is 0 Å². The summed E-state index contributed by atoms with van der Waals surface area (Å²) in [5.41, 5.74) is 1.14. The summed E-state index contributed by atoms with van der Waals surface area (Å²) in [4.78, 5) is 4.11. The standard InChI is InChI=1S/C17H17N3O2/c1-20-17(18-13-19-20)12-22-16-9-7-15(8-10-16)21-11-14-5-3-2-4-6-14/h2-10,13H,11-12H2,1H3. The van der Waals surface area contributed by atoms with Crippen LogP contribution in [-0.4, -0.2) is 14.8 Å². The van der Waals surface area contributed by atoms with E-state index in [1.807, 2.05) is 61.6 Å². The van der Waals surface area contributed by atoms with Crippen LogP contribution in [0.1, 0.15) is 11.4 Å². The van der Waals surface area contributed by atoms with E-state index in [1.54, 1.807) is 4.68 Å². The summed E-state index contributed by atoms with van der Waals surface area (Å²) in [6.45, 7) is 0.945. The fourth-order valence-corrected chi connectivity index (χ4v) is 1.97. The van der Waals surface area contributed by atoms with E-state index < -0.39 is 0 Å². The van der Waals surface area contributed by atoms with Crippen LogP contribution in [0.3, 0.4) is 0 Å². The molecule has 3 aromatic rings. The summed E-state index contributed by atoms with van der Waals surface area (Å²) < 4.78 is 13.1. The third-order valence-electron chi connectivity index (χ3n) is 3.25. The first-order valence-corrected chi connectivity index (χ1v) is 7.04. The van der Waals surface area contributed by atoms with E-state index >= 15 is 0 Å². The number of benzene rings is 2. The number of hydrogen-bond donors (Lipinski definition) is 0. The Morgan fingerprint density at radius 2 is 1.50 bits per heavy atom. The number of ether oxygens (including phenoxy) is 2. The zero-order valence-corrected chi connectivity index (χ0v) is 12.3. The minimum absolute atomic E-state index is 0.390. The zero-order valence-electron chi connectivity index (χ0n) is 12.3. The van der Waals surface area contributed by atoms with Crippen LogP contribution in [0, 0.1) is 0 Å². The lowest BCUT2D eigenvalue weighted by atomic mass is 10.2. The SMILES string of the molecule is Cn1ncnc1COc1ccc(OCc2ccccc2)cc1. The molecule has 0 saturated carbocycles. The Kier molecular flexibility index (Phi) is 4.34. The van der Waals surface area contributed by atoms with Gasteiger partial charge in [0.05, 0.1) is 0 Å². The second-order valence-corrected chi connectivity index (χ2v) is 4.83. The van der Waals surface area contributed by atoms with E-state index in [4.69, 9.17) is 9.47 Å². The van der Waals surface area contributed by atoms with Crippen LogP contribution in [0.5, 0.6) is 11.5 Å². The molecule has 5 nitrogen and oxygen atoms in total. The van der Waals surface area contributed by atoms with Gasteiger partial charge in [0.25, 0.3) is 0 Å². The molecular weight excluding hydrogens is 278 g/mol. The molecule has 1 heterocycles. The molecule has 0 atom stereocenters. The van der Waals surface area contributed by atoms with Gasteiger partial charge in [0.1, 0.15) is 31.0 Å². The van der Waals surface area contributed by atoms with Gasteiger partial charge in [-0.15, -0.1) is 0 Å². The average Bonchev–Trinajstić information content (AvgIpc) is 2.98. The van der Waals surface area contributed by atoms with Crippen molar-refractivity contribution in [2.75, 3.05) is 0 Å². The minimum atomic E-state index is 0.390. The first kappa shape index (κ1) is 14.1. The molecule has 0 bridgehead atoms. The molecule has 0 aliphatic heterocycles. The molecule has 0 N–H and O–H groups in total. The van der Waals surface area contributed by atoms with Gasteiger partial charge >= 0.3 is 0 Å². The predicted molar refractivity (Wildman–Crippen MR) is 82.6 cm³/mol. The Bertz CT molecular complexity index is 708. The highest BCUT2D eigenvalue weighted by Gasteiger charge is 2.02. The van der Waals surface area contributed by atoms with Gasteiger partial charge in [0.15, 0.2) is 5.82 Å². The Hall–Kier alpha value is -2.82. The van der Waals surface area contributed by atoms with Gasteiger partial charge in [-0.3, -0.25) is 4.68 Å². The number of aromatic nitrogens is 3. The number of nitrogens with zero attached hydrogens (tertiary/aromatic N) is 3. The summed E-state index contributed by atoms with van der Waals surface area (Å²) >= 11 is 0. The summed E-state index contributed by atoms with van der Waals surface area (Å²) in [5.74, 6) is 2.37. The van der Waals surface area contributed by atoms with E-state index in [0.717, 1.165) is 22.9 Å². The lowest BCUT2D eigenvalue weighted by Gasteiger charge is -2.08. The van der Waals surface area contributed by atoms with Crippen molar-refractivity contribution in [1.82, 2.24) is 14.8 Å². The molecule has 0 radical (unpaired) electrons. The Morgan fingerprint density at radius 1 is 0.864 bits per heavy atom. The smallest absolute Gasteiger partial charge is 0.164 e. The molecule has 3 rings (SSSR count). The van der Waals surface area contributed by atoms with Crippen LogP contribution in [-0.2, 0) is 20.3 Å². The summed E-state index contributed by atoms with van der Waals surface area (Å²) in [7, 11) is 1.84. The Balaban J connectivity index is 1.53. The summed E-state index contributed by atoms with van der Waals surface area (Å²) in [6.07, 6.45) is 1.51. The summed E-state index contributed by atoms with van der Waals surface area (Å²) in [5, 5.41) is 4.00. The van der Waals surface area contributed by atoms with E-state index in [1.165, 1.54) is 6.33 Å². The fraction of sp³-hybridized carbons (Fsp3) is 0.176. The third-order valence-corrected chi connectivity index (χ3v) is 3.25. The molecule has 0 amide bonds. The van der Waals surface area contributed by atoms with E-state index in [0.29, 0.717) is 13.2 Å². The molecular formula is C17H17N3O2. The normalized spacial score (nSPS) is 10.4. The van der Waals surface area contributed by atoms with Crippen molar-refractivity contribution in [3.05, 3.63) is 72.3 Å². The first-order chi connectivity index (χ1) is 10.8. The fourth-order valence-electron chi connectivity index (χ4n) is 1.97. The van der Waals surface area contributed by atoms with Gasteiger partial charge in [-0.1, -0.05) is 30.3 Å². The molecule has 0 saturated heterocycles. The second-order valence-electron chi connectivity index (χ2n) is 4.83. The van der Waals surface area contributed by atoms with Crippen LogP contribution in [0.2, 0.25) is 0 Å². The van der Waals surface area contributed by atoms with Crippen LogP contribution in [0.25, 0.3) is 0 Å². The topological polar surface area (TPSA) is 49.2 Å². The summed E-state index contributed by atoms with van der Waals surface area (Å²) in [6, 6.07) is 17.6. The van der Waals surface area contributed by atoms with Gasteiger partial charge in [-0.05, 0) is 29.8 Å². The second kappa shape index (κ2) is 6.76. The van der Waals surface area contributed by atoms with Crippen molar-refractivity contribution in [3.8, 4) is 11.5 Å². The monoisotopic (exact) mass is 295 g/mol. The third kappa shape index (κ3) is 3.63. The van der Waals surface area contributed by atoms with Crippen molar-refractivity contribution >= 4 is 0 Å². The van der Waals surface area contributed by atoms with E-state index in [9.17, 15) is 0 Å². The van der Waals surface area contributed by atoms with Gasteiger partial charge in [-0.2, -0.15) is 5.10 Å². The van der Waals surface area contributed by atoms with Gasteiger partial charge in [-0.25, -0.2) is 4.98 Å². The maximum atomic E-state index is 5.73. The van der Waals surface area contributed by atoms with Crippen molar-refractivity contribution in [2.24, 2.45) is 7.05 Å². The molecule has 112 valence electrons. The molecule has 0 spiro atoms. The van der Waals surface area contributed by atoms with Crippen molar-refractivity contribution in [2.45, 2.75) is 13.2 Å². The van der Waals surface area contributed by atoms with Crippen molar-refractivity contribution in [3.63, 3.8) is 0 Å². The molecule has 5 heteroatoms.